The van der Waals surface area contributed by atoms with Gasteiger partial charge in [0, 0.05) is 17.1 Å². The summed E-state index contributed by atoms with van der Waals surface area (Å²) in [7, 11) is 0. The highest BCUT2D eigenvalue weighted by molar-refractivity contribution is 6.31. The molecule has 0 saturated carbocycles. The van der Waals surface area contributed by atoms with Crippen molar-refractivity contribution in [3.05, 3.63) is 28.8 Å². The Bertz CT molecular complexity index is 588. The lowest BCUT2D eigenvalue weighted by molar-refractivity contribution is -0.149. The Balaban J connectivity index is 1.83. The number of amides is 2. The number of ether oxygens (including phenoxy) is 1. The highest BCUT2D eigenvalue weighted by Crippen LogP contribution is 2.22. The predicted octanol–water partition coefficient (Wildman–Crippen LogP) is 1.41. The van der Waals surface area contributed by atoms with Crippen LogP contribution in [0.1, 0.15) is 18.4 Å². The maximum Gasteiger partial charge on any atom is 0.329 e. The third kappa shape index (κ3) is 3.95. The Kier molecular flexibility index (Phi) is 4.80. The molecule has 1 fully saturated rings. The number of esters is 1. The van der Waals surface area contributed by atoms with E-state index in [2.05, 4.69) is 10.6 Å². The van der Waals surface area contributed by atoms with Crippen LogP contribution in [0.15, 0.2) is 18.2 Å². The van der Waals surface area contributed by atoms with Crippen LogP contribution in [0.25, 0.3) is 0 Å². The molecule has 7 heteroatoms. The number of nitrogens with one attached hydrogen (secondary N) is 2. The van der Waals surface area contributed by atoms with Crippen LogP contribution in [0.2, 0.25) is 5.02 Å². The first-order valence-electron chi connectivity index (χ1n) is 6.48. The van der Waals surface area contributed by atoms with Gasteiger partial charge in [0.2, 0.25) is 5.91 Å². The van der Waals surface area contributed by atoms with Crippen LogP contribution in [-0.2, 0) is 19.1 Å². The summed E-state index contributed by atoms with van der Waals surface area (Å²) in [6.45, 7) is 1.37. The van der Waals surface area contributed by atoms with Crippen LogP contribution in [0.5, 0.6) is 0 Å². The minimum Gasteiger partial charge on any atom is -0.454 e. The van der Waals surface area contributed by atoms with Crippen molar-refractivity contribution >= 4 is 35.1 Å². The SMILES string of the molecule is Cc1c(Cl)cccc1NC(=O)COC(=O)[C@H]1CCC(=O)N1. The predicted molar refractivity (Wildman–Crippen MR) is 76.9 cm³/mol. The Morgan fingerprint density at radius 1 is 1.48 bits per heavy atom. The van der Waals surface area contributed by atoms with E-state index in [-0.39, 0.29) is 5.91 Å². The van der Waals surface area contributed by atoms with Gasteiger partial charge in [-0.15, -0.1) is 0 Å². The smallest absolute Gasteiger partial charge is 0.329 e. The van der Waals surface area contributed by atoms with Crippen molar-refractivity contribution in [2.24, 2.45) is 0 Å². The molecule has 0 radical (unpaired) electrons. The first-order chi connectivity index (χ1) is 9.97. The van der Waals surface area contributed by atoms with Crippen molar-refractivity contribution in [2.75, 3.05) is 11.9 Å². The van der Waals surface area contributed by atoms with E-state index in [9.17, 15) is 14.4 Å². The van der Waals surface area contributed by atoms with E-state index in [0.29, 0.717) is 23.6 Å². The number of anilines is 1. The number of hydrogen-bond donors (Lipinski definition) is 2. The third-order valence-electron chi connectivity index (χ3n) is 3.17. The van der Waals surface area contributed by atoms with Crippen molar-refractivity contribution in [3.63, 3.8) is 0 Å². The topological polar surface area (TPSA) is 84.5 Å². The van der Waals surface area contributed by atoms with Crippen LogP contribution >= 0.6 is 11.6 Å². The lowest BCUT2D eigenvalue weighted by Gasteiger charge is -2.12. The van der Waals surface area contributed by atoms with E-state index in [1.54, 1.807) is 25.1 Å². The molecule has 0 aromatic heterocycles. The molecule has 1 heterocycles. The molecule has 1 aliphatic heterocycles. The highest BCUT2D eigenvalue weighted by Gasteiger charge is 2.28. The summed E-state index contributed by atoms with van der Waals surface area (Å²) in [5.41, 5.74) is 1.31. The van der Waals surface area contributed by atoms with Gasteiger partial charge in [-0.1, -0.05) is 17.7 Å². The van der Waals surface area contributed by atoms with Crippen LogP contribution < -0.4 is 10.6 Å². The Morgan fingerprint density at radius 2 is 2.24 bits per heavy atom. The summed E-state index contributed by atoms with van der Waals surface area (Å²) in [5.74, 6) is -1.24. The molecule has 2 amide bonds. The van der Waals surface area contributed by atoms with Crippen LogP contribution in [0.3, 0.4) is 0 Å². The van der Waals surface area contributed by atoms with Gasteiger partial charge in [0.15, 0.2) is 6.61 Å². The van der Waals surface area contributed by atoms with Gasteiger partial charge in [-0.2, -0.15) is 0 Å². The standard InChI is InChI=1S/C14H15ClN2O4/c1-8-9(15)3-2-4-10(8)16-13(19)7-21-14(20)11-5-6-12(18)17-11/h2-4,11H,5-7H2,1H3,(H,16,19)(H,17,18)/t11-/m1/s1. The van der Waals surface area contributed by atoms with Crippen molar-refractivity contribution in [3.8, 4) is 0 Å². The number of halogens is 1. The number of hydrogen-bond acceptors (Lipinski definition) is 4. The van der Waals surface area contributed by atoms with Crippen molar-refractivity contribution < 1.29 is 19.1 Å². The van der Waals surface area contributed by atoms with Gasteiger partial charge in [-0.05, 0) is 31.0 Å². The lowest BCUT2D eigenvalue weighted by Crippen LogP contribution is -2.36. The largest absolute Gasteiger partial charge is 0.454 e. The summed E-state index contributed by atoms with van der Waals surface area (Å²) in [6.07, 6.45) is 0.695. The van der Waals surface area contributed by atoms with Gasteiger partial charge in [0.25, 0.3) is 5.91 Å². The monoisotopic (exact) mass is 310 g/mol. The van der Waals surface area contributed by atoms with Crippen LogP contribution in [-0.4, -0.2) is 30.4 Å². The minimum absolute atomic E-state index is 0.184. The zero-order valence-electron chi connectivity index (χ0n) is 11.4. The second-order valence-corrected chi connectivity index (χ2v) is 5.13. The molecular weight excluding hydrogens is 296 g/mol. The summed E-state index contributed by atoms with van der Waals surface area (Å²) in [5, 5.41) is 5.64. The Labute approximate surface area is 126 Å². The first-order valence-corrected chi connectivity index (χ1v) is 6.86. The molecule has 2 N–H and O–H groups in total. The maximum absolute atomic E-state index is 11.7. The summed E-state index contributed by atoms with van der Waals surface area (Å²) in [4.78, 5) is 34.4. The van der Waals surface area contributed by atoms with Crippen LogP contribution in [0, 0.1) is 6.92 Å². The van der Waals surface area contributed by atoms with Gasteiger partial charge < -0.3 is 15.4 Å². The summed E-state index contributed by atoms with van der Waals surface area (Å²) in [6, 6.07) is 4.48. The molecule has 1 aliphatic rings. The average Bonchev–Trinajstić information content (AvgIpc) is 2.88. The van der Waals surface area contributed by atoms with E-state index in [0.717, 1.165) is 5.56 Å². The molecule has 1 saturated heterocycles. The fraction of sp³-hybridized carbons (Fsp3) is 0.357. The fourth-order valence-corrected chi connectivity index (χ4v) is 2.13. The molecule has 21 heavy (non-hydrogen) atoms. The molecular formula is C14H15ClN2O4. The number of carbonyl (C=O) groups excluding carboxylic acids is 3. The molecule has 1 aromatic carbocycles. The number of carbonyl (C=O) groups is 3. The molecule has 112 valence electrons. The Morgan fingerprint density at radius 3 is 2.90 bits per heavy atom. The molecule has 0 spiro atoms. The summed E-state index contributed by atoms with van der Waals surface area (Å²) >= 11 is 5.95. The molecule has 0 aliphatic carbocycles. The minimum atomic E-state index is -0.654. The summed E-state index contributed by atoms with van der Waals surface area (Å²) < 4.78 is 4.88. The average molecular weight is 311 g/mol. The normalized spacial score (nSPS) is 17.2. The van der Waals surface area contributed by atoms with E-state index in [4.69, 9.17) is 16.3 Å². The maximum atomic E-state index is 11.7. The van der Waals surface area contributed by atoms with Gasteiger partial charge in [0.05, 0.1) is 0 Å². The quantitative estimate of drug-likeness (QED) is 0.824. The zero-order valence-corrected chi connectivity index (χ0v) is 12.2. The molecule has 0 unspecified atom stereocenters. The van der Waals surface area contributed by atoms with Gasteiger partial charge >= 0.3 is 5.97 Å². The number of rotatable bonds is 4. The highest BCUT2D eigenvalue weighted by atomic mass is 35.5. The fourth-order valence-electron chi connectivity index (χ4n) is 1.96. The molecule has 1 aromatic rings. The van der Waals surface area contributed by atoms with E-state index in [1.165, 1.54) is 0 Å². The first kappa shape index (κ1) is 15.3. The van der Waals surface area contributed by atoms with Crippen molar-refractivity contribution in [2.45, 2.75) is 25.8 Å². The molecule has 6 nitrogen and oxygen atoms in total. The van der Waals surface area contributed by atoms with Crippen molar-refractivity contribution in [1.29, 1.82) is 0 Å². The third-order valence-corrected chi connectivity index (χ3v) is 3.58. The second kappa shape index (κ2) is 6.58. The van der Waals surface area contributed by atoms with Gasteiger partial charge in [-0.3, -0.25) is 9.59 Å². The van der Waals surface area contributed by atoms with Gasteiger partial charge in [0.1, 0.15) is 6.04 Å². The Hall–Kier alpha value is -2.08. The second-order valence-electron chi connectivity index (χ2n) is 4.73. The molecule has 0 bridgehead atoms. The number of benzene rings is 1. The lowest BCUT2D eigenvalue weighted by atomic mass is 10.2. The molecule has 1 atom stereocenters. The zero-order chi connectivity index (χ0) is 15.4. The van der Waals surface area contributed by atoms with Crippen LogP contribution in [0.4, 0.5) is 5.69 Å². The van der Waals surface area contributed by atoms with Gasteiger partial charge in [-0.25, -0.2) is 4.79 Å². The van der Waals surface area contributed by atoms with Crippen molar-refractivity contribution in [1.82, 2.24) is 5.32 Å². The van der Waals surface area contributed by atoms with E-state index >= 15 is 0 Å². The molecule has 2 rings (SSSR count). The van der Waals surface area contributed by atoms with E-state index < -0.39 is 24.5 Å². The van der Waals surface area contributed by atoms with E-state index in [1.807, 2.05) is 0 Å².